The van der Waals surface area contributed by atoms with Crippen LogP contribution in [0.1, 0.15) is 32.1 Å². The molecule has 0 aliphatic heterocycles. The van der Waals surface area contributed by atoms with Crippen molar-refractivity contribution in [2.75, 3.05) is 0 Å². The van der Waals surface area contributed by atoms with Crippen molar-refractivity contribution in [2.24, 2.45) is 0 Å². The van der Waals surface area contributed by atoms with E-state index >= 15 is 0 Å². The van der Waals surface area contributed by atoms with Gasteiger partial charge in [0.25, 0.3) is 0 Å². The van der Waals surface area contributed by atoms with E-state index in [-0.39, 0.29) is 64.8 Å². The fraction of sp³-hybridized carbons (Fsp3) is 0.0179. The molecule has 0 spiro atoms. The molecule has 2 radical (unpaired) electrons. The van der Waals surface area contributed by atoms with E-state index in [1.807, 2.05) is 47.2 Å². The summed E-state index contributed by atoms with van der Waals surface area (Å²) in [6.07, 6.45) is 2.81. The number of hydrogen-bond acceptors (Lipinski definition) is 10. The predicted molar refractivity (Wildman–Crippen MR) is 527 cm³/mol. The van der Waals surface area contributed by atoms with Crippen LogP contribution < -0.4 is 4.74 Å². The van der Waals surface area contributed by atoms with Crippen LogP contribution >= 0.6 is 34.3 Å². The van der Waals surface area contributed by atoms with Crippen LogP contribution in [0.15, 0.2) is 411 Å². The third-order valence-electron chi connectivity index (χ3n) is 22.8. The van der Waals surface area contributed by atoms with Gasteiger partial charge in [-0.3, -0.25) is 0 Å². The molecule has 0 unspecified atom stereocenters. The van der Waals surface area contributed by atoms with Crippen LogP contribution in [0.3, 0.4) is 0 Å². The Kier molecular flexibility index (Phi) is 25.8. The number of aromatic carboxylic acids is 2. The number of aliphatic hydroxyl groups is 1. The van der Waals surface area contributed by atoms with Gasteiger partial charge in [0.15, 0.2) is 5.69 Å². The molecule has 10 aromatic heterocycles. The predicted octanol–water partition coefficient (Wildman–Crippen LogP) is 28.2. The van der Waals surface area contributed by atoms with Crippen molar-refractivity contribution in [1.82, 2.24) is 38.2 Å². The second-order valence-electron chi connectivity index (χ2n) is 30.7. The Morgan fingerprint density at radius 3 is 0.939 bits per heavy atom. The van der Waals surface area contributed by atoms with Gasteiger partial charge in [-0.2, -0.15) is 24.3 Å². The number of pyridine rings is 4. The molecule has 0 bridgehead atoms. The van der Waals surface area contributed by atoms with Crippen LogP contribution in [0.4, 0.5) is 0 Å². The average molecular weight is 2110 g/mol. The Morgan fingerprint density at radius 2 is 0.634 bits per heavy atom. The zero-order valence-corrected chi connectivity index (χ0v) is 76.9. The van der Waals surface area contributed by atoms with Gasteiger partial charge < -0.3 is 48.3 Å². The van der Waals surface area contributed by atoms with E-state index in [2.05, 4.69) is 368 Å². The Hall–Kier alpha value is -14.9. The molecule has 3 N–H and O–H groups in total. The van der Waals surface area contributed by atoms with Gasteiger partial charge in [0.05, 0.1) is 61.8 Å². The number of carbonyl (C=O) groups is 2. The molecule has 10 heterocycles. The minimum atomic E-state index is -1.09. The zero-order chi connectivity index (χ0) is 87.3. The van der Waals surface area contributed by atoms with Crippen molar-refractivity contribution in [3.05, 3.63) is 451 Å². The standard InChI is InChI=1S/C37H25N3O3.C31H22N2O.2C19H12NS.C6H4ClNO2.2Ir/c41-37(42)32-22-27(17-18-38-32)43-23-24-19-25(39-33-13-5-1-9-28(33)29-10-2-6-14-34(29)39)21-26(20-24)40-35-15-7-3-11-30(35)31-12-4-8-16-36(31)40;34-20-21-17-22(32-28-13-5-1-9-24(28)25-10-2-6-14-29(25)32)19-23(18-21)33-30-15-7-3-11-26(30)27-12-4-8-16-31(27)33;2*1-2-7-14(8-3-1)16-13-18(19-11-6-12-21-19)20-17-10-5-4-9-15(16)17;7-4-1-2-8-5(3-4)6(9)10;;/h1-22H,23H2,(H,41,42);1-19,34H,20H2;2*1-10,12-13H;1-3H,(H,9,10);;/q;;2*-1;;;. The van der Waals surface area contributed by atoms with Crippen molar-refractivity contribution in [3.63, 3.8) is 0 Å². The third kappa shape index (κ3) is 17.7. The van der Waals surface area contributed by atoms with Gasteiger partial charge in [0.1, 0.15) is 18.1 Å². The van der Waals surface area contributed by atoms with Crippen LogP contribution in [-0.2, 0) is 53.4 Å². The van der Waals surface area contributed by atoms with Gasteiger partial charge in [0.2, 0.25) is 0 Å². The first-order valence-electron chi connectivity index (χ1n) is 41.8. The van der Waals surface area contributed by atoms with Crippen molar-refractivity contribution in [3.8, 4) is 71.9 Å². The van der Waals surface area contributed by atoms with E-state index in [0.717, 1.165) is 110 Å². The minimum Gasteiger partial charge on any atom is -0.489 e. The van der Waals surface area contributed by atoms with E-state index in [1.54, 1.807) is 28.7 Å². The normalized spacial score (nSPS) is 11.0. The first-order chi connectivity index (χ1) is 63.5. The molecule has 638 valence electrons. The molecule has 0 amide bonds. The second-order valence-corrected chi connectivity index (χ2v) is 32.9. The van der Waals surface area contributed by atoms with Crippen LogP contribution in [0.25, 0.3) is 175 Å². The van der Waals surface area contributed by atoms with E-state index in [0.29, 0.717) is 10.8 Å². The average Bonchev–Trinajstić information content (AvgIpc) is 1.59. The van der Waals surface area contributed by atoms with Gasteiger partial charge in [-0.05, 0) is 160 Å². The van der Waals surface area contributed by atoms with Crippen molar-refractivity contribution < 1.29 is 69.9 Å². The number of carboxylic acid groups (broad SMARTS) is 2. The molecule has 14 aromatic carbocycles. The van der Waals surface area contributed by atoms with Gasteiger partial charge in [-0.25, -0.2) is 42.2 Å². The second kappa shape index (κ2) is 39.0. The van der Waals surface area contributed by atoms with Gasteiger partial charge in [-0.15, -0.1) is 10.8 Å². The summed E-state index contributed by atoms with van der Waals surface area (Å²) in [4.78, 5) is 40.9. The van der Waals surface area contributed by atoms with Crippen LogP contribution in [0, 0.1) is 12.1 Å². The monoisotopic (exact) mass is 2110 g/mol. The van der Waals surface area contributed by atoms with E-state index in [9.17, 15) is 19.8 Å². The summed E-state index contributed by atoms with van der Waals surface area (Å²) in [5.41, 5.74) is 23.9. The molecular formula is C112H75ClIr2N8O6S2-2. The first-order valence-corrected chi connectivity index (χ1v) is 44.0. The third-order valence-corrected chi connectivity index (χ3v) is 24.7. The van der Waals surface area contributed by atoms with E-state index < -0.39 is 11.9 Å². The van der Waals surface area contributed by atoms with Crippen molar-refractivity contribution in [1.29, 1.82) is 0 Å². The van der Waals surface area contributed by atoms with Gasteiger partial charge in [-0.1, -0.05) is 276 Å². The number of halogens is 1. The maximum Gasteiger partial charge on any atom is 0.354 e. The smallest absolute Gasteiger partial charge is 0.354 e. The number of fused-ring (bicyclic) bond motifs is 14. The number of aromatic nitrogens is 8. The SMILES string of the molecule is O=C(O)c1cc(Cl)ccn1.O=C(O)c1cc(OCc2cc(-n3c4ccccc4c4ccccc43)cc(-n3c4ccccc4c4ccccc43)c2)ccn1.OCc1cc(-n2c3ccccc3c3ccccc32)cc(-n2c3ccccc3c3ccccc32)c1.[Ir].[Ir].[c-]1ccsc1-c1cc(-c2ccccc2)c2ccccc2n1.[c-]1ccsc1-c1cc(-c2ccccc2)c2ccccc2n1. The van der Waals surface area contributed by atoms with Crippen LogP contribution in [0.2, 0.25) is 5.02 Å². The van der Waals surface area contributed by atoms with Crippen LogP contribution in [-0.4, -0.2) is 65.5 Å². The summed E-state index contributed by atoms with van der Waals surface area (Å²) < 4.78 is 15.4. The number of nitrogens with zero attached hydrogens (tertiary/aromatic N) is 8. The largest absolute Gasteiger partial charge is 0.489 e. The molecule has 0 atom stereocenters. The Bertz CT molecular complexity index is 7680. The maximum absolute atomic E-state index is 11.5. The fourth-order valence-electron chi connectivity index (χ4n) is 17.2. The maximum atomic E-state index is 11.5. The summed E-state index contributed by atoms with van der Waals surface area (Å²) in [6.45, 7) is 0.229. The van der Waals surface area contributed by atoms with E-state index in [1.165, 1.54) is 107 Å². The summed E-state index contributed by atoms with van der Waals surface area (Å²) in [6, 6.07) is 139. The number of benzene rings is 14. The molecule has 131 heavy (non-hydrogen) atoms. The molecule has 24 rings (SSSR count). The number of thiophene rings is 2. The topological polar surface area (TPSA) is 175 Å². The molecule has 0 aliphatic carbocycles. The molecular weight excluding hydrogens is 2040 g/mol. The quantitative estimate of drug-likeness (QED) is 0.0889. The van der Waals surface area contributed by atoms with Gasteiger partial charge >= 0.3 is 11.9 Å². The number of aliphatic hydroxyl groups excluding tert-OH is 1. The number of ether oxygens (including phenoxy) is 1. The summed E-state index contributed by atoms with van der Waals surface area (Å²) in [7, 11) is 0. The summed E-state index contributed by atoms with van der Waals surface area (Å²) in [5, 5.41) is 44.5. The fourth-order valence-corrected chi connectivity index (χ4v) is 18.6. The zero-order valence-electron chi connectivity index (χ0n) is 69.7. The van der Waals surface area contributed by atoms with Crippen LogP contribution in [0.5, 0.6) is 5.75 Å². The molecule has 0 saturated carbocycles. The van der Waals surface area contributed by atoms with E-state index in [4.69, 9.17) is 31.4 Å². The summed E-state index contributed by atoms with van der Waals surface area (Å²) >= 11 is 8.83. The molecule has 14 nitrogen and oxygen atoms in total. The minimum absolute atomic E-state index is 0. The molecule has 19 heteroatoms. The summed E-state index contributed by atoms with van der Waals surface area (Å²) in [5.74, 6) is -1.71. The number of hydrogen-bond donors (Lipinski definition) is 3. The molecule has 0 aliphatic rings. The Balaban J connectivity index is 0.000000117. The molecule has 0 saturated heterocycles. The Morgan fingerprint density at radius 1 is 0.336 bits per heavy atom. The van der Waals surface area contributed by atoms with Crippen molar-refractivity contribution >= 4 is 155 Å². The Labute approximate surface area is 792 Å². The first kappa shape index (κ1) is 86.8. The van der Waals surface area contributed by atoms with Gasteiger partial charge in [0, 0.05) is 140 Å². The number of para-hydroxylation sites is 10. The number of rotatable bonds is 14. The molecule has 24 aromatic rings. The molecule has 0 fully saturated rings. The van der Waals surface area contributed by atoms with Crippen molar-refractivity contribution in [2.45, 2.75) is 13.2 Å². The number of carboxylic acids is 2.